The lowest BCUT2D eigenvalue weighted by Crippen LogP contribution is -2.23. The van der Waals surface area contributed by atoms with E-state index in [9.17, 15) is 0 Å². The van der Waals surface area contributed by atoms with Crippen molar-refractivity contribution in [2.45, 2.75) is 32.7 Å². The van der Waals surface area contributed by atoms with Crippen molar-refractivity contribution in [1.82, 2.24) is 0 Å². The fraction of sp³-hybridized carbons (Fsp3) is 0.462. The van der Waals surface area contributed by atoms with Gasteiger partial charge in [0.1, 0.15) is 0 Å². The molecular formula is C13H19N3. The second-order valence-electron chi connectivity index (χ2n) is 4.47. The van der Waals surface area contributed by atoms with Gasteiger partial charge in [0, 0.05) is 5.69 Å². The van der Waals surface area contributed by atoms with E-state index in [2.05, 4.69) is 36.3 Å². The first-order valence-electron chi connectivity index (χ1n) is 5.88. The van der Waals surface area contributed by atoms with E-state index in [-0.39, 0.29) is 0 Å². The number of hydrogen-bond acceptors (Lipinski definition) is 1. The molecule has 16 heavy (non-hydrogen) atoms. The summed E-state index contributed by atoms with van der Waals surface area (Å²) in [5.74, 6) is 1.22. The van der Waals surface area contributed by atoms with Gasteiger partial charge in [0.2, 0.25) is 0 Å². The summed E-state index contributed by atoms with van der Waals surface area (Å²) in [6.07, 6.45) is 2.22. The molecule has 0 heterocycles. The van der Waals surface area contributed by atoms with Crippen LogP contribution in [0, 0.1) is 5.92 Å². The highest BCUT2D eigenvalue weighted by atomic mass is 15.1. The summed E-state index contributed by atoms with van der Waals surface area (Å²) in [5, 5.41) is 3.11. The molecule has 2 rings (SSSR count). The molecule has 0 amide bonds. The zero-order valence-electron chi connectivity index (χ0n) is 9.90. The maximum atomic E-state index is 5.82. The Morgan fingerprint density at radius 3 is 2.56 bits per heavy atom. The quantitative estimate of drug-likeness (QED) is 0.603. The van der Waals surface area contributed by atoms with Crippen LogP contribution in [-0.2, 0) is 6.42 Å². The molecule has 1 fully saturated rings. The molecule has 0 aromatic heterocycles. The molecule has 0 bridgehead atoms. The average molecular weight is 217 g/mol. The van der Waals surface area contributed by atoms with E-state index < -0.39 is 0 Å². The molecule has 0 radical (unpaired) electrons. The maximum absolute atomic E-state index is 5.82. The molecule has 2 unspecified atom stereocenters. The average Bonchev–Trinajstić information content (AvgIpc) is 2.95. The predicted molar refractivity (Wildman–Crippen MR) is 68.6 cm³/mol. The van der Waals surface area contributed by atoms with Crippen LogP contribution in [0.3, 0.4) is 0 Å². The second kappa shape index (κ2) is 4.56. The Kier molecular flexibility index (Phi) is 3.13. The van der Waals surface area contributed by atoms with Crippen LogP contribution in [0.15, 0.2) is 29.3 Å². The van der Waals surface area contributed by atoms with Gasteiger partial charge in [-0.25, -0.2) is 4.99 Å². The van der Waals surface area contributed by atoms with Crippen molar-refractivity contribution < 1.29 is 0 Å². The van der Waals surface area contributed by atoms with E-state index in [1.807, 2.05) is 12.1 Å². The lowest BCUT2D eigenvalue weighted by atomic mass is 10.1. The first-order valence-corrected chi connectivity index (χ1v) is 5.88. The Morgan fingerprint density at radius 2 is 2.06 bits per heavy atom. The molecule has 1 aromatic carbocycles. The highest BCUT2D eigenvalue weighted by Gasteiger charge is 2.32. The number of rotatable bonds is 3. The molecule has 1 aromatic rings. The number of nitrogens with two attached hydrogens (primary N) is 1. The van der Waals surface area contributed by atoms with Gasteiger partial charge in [-0.2, -0.15) is 0 Å². The molecule has 1 aliphatic rings. The number of anilines is 1. The summed E-state index contributed by atoms with van der Waals surface area (Å²) in [4.78, 5) is 4.39. The van der Waals surface area contributed by atoms with Crippen LogP contribution in [0.4, 0.5) is 5.69 Å². The first-order chi connectivity index (χ1) is 7.69. The molecule has 3 N–H and O–H groups in total. The fourth-order valence-electron chi connectivity index (χ4n) is 1.66. The van der Waals surface area contributed by atoms with E-state index in [4.69, 9.17) is 5.73 Å². The van der Waals surface area contributed by atoms with Crippen LogP contribution in [0.5, 0.6) is 0 Å². The third-order valence-electron chi connectivity index (χ3n) is 3.01. The van der Waals surface area contributed by atoms with Crippen molar-refractivity contribution in [3.63, 3.8) is 0 Å². The lowest BCUT2D eigenvalue weighted by Gasteiger charge is -2.06. The van der Waals surface area contributed by atoms with E-state index in [0.717, 1.165) is 18.5 Å². The third-order valence-corrected chi connectivity index (χ3v) is 3.01. The minimum absolute atomic E-state index is 0.433. The summed E-state index contributed by atoms with van der Waals surface area (Å²) < 4.78 is 0. The van der Waals surface area contributed by atoms with Gasteiger partial charge >= 0.3 is 0 Å². The molecule has 86 valence electrons. The van der Waals surface area contributed by atoms with Crippen LogP contribution in [0.1, 0.15) is 25.8 Å². The molecule has 0 aliphatic heterocycles. The van der Waals surface area contributed by atoms with Crippen molar-refractivity contribution in [2.24, 2.45) is 16.6 Å². The van der Waals surface area contributed by atoms with Gasteiger partial charge in [0.25, 0.3) is 0 Å². The maximum Gasteiger partial charge on any atom is 0.193 e. The molecule has 0 spiro atoms. The molecule has 0 saturated heterocycles. The lowest BCUT2D eigenvalue weighted by molar-refractivity contribution is 0.893. The SMILES string of the molecule is CCc1ccc(NC(N)=NC2CC2C)cc1. The monoisotopic (exact) mass is 217 g/mol. The Balaban J connectivity index is 1.95. The number of aryl methyl sites for hydroxylation is 1. The van der Waals surface area contributed by atoms with Crippen LogP contribution in [-0.4, -0.2) is 12.0 Å². The summed E-state index contributed by atoms with van der Waals surface area (Å²) in [6, 6.07) is 8.72. The van der Waals surface area contributed by atoms with Crippen molar-refractivity contribution in [3.8, 4) is 0 Å². The standard InChI is InChI=1S/C13H19N3/c1-3-10-4-6-11(7-5-10)15-13(14)16-12-8-9(12)2/h4-7,9,12H,3,8H2,1-2H3,(H3,14,15,16). The normalized spacial score (nSPS) is 24.2. The van der Waals surface area contributed by atoms with Gasteiger partial charge in [-0.1, -0.05) is 26.0 Å². The molecule has 3 heteroatoms. The van der Waals surface area contributed by atoms with Gasteiger partial charge in [-0.15, -0.1) is 0 Å². The van der Waals surface area contributed by atoms with Gasteiger partial charge in [-0.05, 0) is 36.5 Å². The molecule has 3 nitrogen and oxygen atoms in total. The minimum Gasteiger partial charge on any atom is -0.370 e. The van der Waals surface area contributed by atoms with E-state index in [1.165, 1.54) is 5.56 Å². The van der Waals surface area contributed by atoms with Gasteiger partial charge in [-0.3, -0.25) is 0 Å². The zero-order valence-corrected chi connectivity index (χ0v) is 9.90. The van der Waals surface area contributed by atoms with Gasteiger partial charge < -0.3 is 11.1 Å². The summed E-state index contributed by atoms with van der Waals surface area (Å²) >= 11 is 0. The van der Waals surface area contributed by atoms with E-state index in [1.54, 1.807) is 0 Å². The molecule has 1 saturated carbocycles. The van der Waals surface area contributed by atoms with Crippen LogP contribution >= 0.6 is 0 Å². The number of guanidine groups is 1. The topological polar surface area (TPSA) is 50.4 Å². The number of aliphatic imine (C=N–C) groups is 1. The Labute approximate surface area is 96.8 Å². The van der Waals surface area contributed by atoms with E-state index >= 15 is 0 Å². The number of nitrogens with one attached hydrogen (secondary N) is 1. The smallest absolute Gasteiger partial charge is 0.193 e. The van der Waals surface area contributed by atoms with Crippen LogP contribution < -0.4 is 11.1 Å². The minimum atomic E-state index is 0.433. The third kappa shape index (κ3) is 2.75. The number of hydrogen-bond donors (Lipinski definition) is 2. The fourth-order valence-corrected chi connectivity index (χ4v) is 1.66. The van der Waals surface area contributed by atoms with Crippen molar-refractivity contribution in [1.29, 1.82) is 0 Å². The van der Waals surface area contributed by atoms with Gasteiger partial charge in [0.05, 0.1) is 6.04 Å². The summed E-state index contributed by atoms with van der Waals surface area (Å²) in [6.45, 7) is 4.34. The van der Waals surface area contributed by atoms with Crippen LogP contribution in [0.2, 0.25) is 0 Å². The number of benzene rings is 1. The largest absolute Gasteiger partial charge is 0.370 e. The highest BCUT2D eigenvalue weighted by Crippen LogP contribution is 2.32. The predicted octanol–water partition coefficient (Wildman–Crippen LogP) is 2.38. The summed E-state index contributed by atoms with van der Waals surface area (Å²) in [5.41, 5.74) is 8.16. The van der Waals surface area contributed by atoms with Crippen molar-refractivity contribution >= 4 is 11.6 Å². The Bertz CT molecular complexity index is 381. The zero-order chi connectivity index (χ0) is 11.5. The summed E-state index contributed by atoms with van der Waals surface area (Å²) in [7, 11) is 0. The Hall–Kier alpha value is -1.51. The Morgan fingerprint density at radius 1 is 1.44 bits per heavy atom. The second-order valence-corrected chi connectivity index (χ2v) is 4.47. The molecule has 1 aliphatic carbocycles. The number of nitrogens with zero attached hydrogens (tertiary/aromatic N) is 1. The highest BCUT2D eigenvalue weighted by molar-refractivity contribution is 5.92. The van der Waals surface area contributed by atoms with E-state index in [0.29, 0.717) is 17.9 Å². The molecule has 2 atom stereocenters. The first kappa shape index (κ1) is 11.0. The molecular weight excluding hydrogens is 198 g/mol. The van der Waals surface area contributed by atoms with Gasteiger partial charge in [0.15, 0.2) is 5.96 Å². The van der Waals surface area contributed by atoms with Crippen molar-refractivity contribution in [3.05, 3.63) is 29.8 Å². The van der Waals surface area contributed by atoms with Crippen LogP contribution in [0.25, 0.3) is 0 Å². The van der Waals surface area contributed by atoms with Crippen molar-refractivity contribution in [2.75, 3.05) is 5.32 Å².